The summed E-state index contributed by atoms with van der Waals surface area (Å²) in [5, 5.41) is 53.2. The van der Waals surface area contributed by atoms with Crippen LogP contribution in [0.2, 0.25) is 0 Å². The van der Waals surface area contributed by atoms with Gasteiger partial charge in [-0.15, -0.1) is 0 Å². The Balaban J connectivity index is 1.45. The van der Waals surface area contributed by atoms with Crippen molar-refractivity contribution in [1.82, 2.24) is 0 Å². The maximum absolute atomic E-state index is 12.4. The molecule has 216 valence electrons. The van der Waals surface area contributed by atoms with Gasteiger partial charge >= 0.3 is 11.9 Å². The zero-order chi connectivity index (χ0) is 28.9. The highest BCUT2D eigenvalue weighted by Gasteiger charge is 2.60. The van der Waals surface area contributed by atoms with Crippen molar-refractivity contribution in [2.24, 2.45) is 11.8 Å². The molecule has 11 heteroatoms. The summed E-state index contributed by atoms with van der Waals surface area (Å²) in [7, 11) is 0. The van der Waals surface area contributed by atoms with Crippen LogP contribution in [0.3, 0.4) is 0 Å². The number of phenols is 1. The molecule has 0 aromatic heterocycles. The molecule has 2 aliphatic carbocycles. The van der Waals surface area contributed by atoms with E-state index in [9.17, 15) is 35.1 Å². The van der Waals surface area contributed by atoms with E-state index in [2.05, 4.69) is 6.58 Å². The average molecular weight is 559 g/mol. The Morgan fingerprint density at radius 2 is 1.88 bits per heavy atom. The first-order chi connectivity index (χ1) is 19.0. The van der Waals surface area contributed by atoms with Gasteiger partial charge in [0.05, 0.1) is 19.3 Å². The Labute approximate surface area is 230 Å². The zero-order valence-electron chi connectivity index (χ0n) is 22.2. The van der Waals surface area contributed by atoms with E-state index >= 15 is 0 Å². The number of aliphatic hydroxyl groups is 4. The largest absolute Gasteiger partial charge is 0.508 e. The Bertz CT molecular complexity index is 1250. The van der Waals surface area contributed by atoms with Crippen LogP contribution >= 0.6 is 0 Å². The molecule has 0 bridgehead atoms. The third kappa shape index (κ3) is 4.56. The van der Waals surface area contributed by atoms with Gasteiger partial charge in [0.15, 0.2) is 18.0 Å². The molecule has 2 fully saturated rings. The summed E-state index contributed by atoms with van der Waals surface area (Å²) in [6, 6.07) is 5.40. The fourth-order valence-corrected chi connectivity index (χ4v) is 6.43. The highest BCUT2D eigenvalue weighted by molar-refractivity contribution is 5.91. The van der Waals surface area contributed by atoms with E-state index in [-0.39, 0.29) is 29.8 Å². The topological polar surface area (TPSA) is 172 Å². The molecule has 2 saturated heterocycles. The van der Waals surface area contributed by atoms with Gasteiger partial charge in [0.25, 0.3) is 0 Å². The number of benzene rings is 1. The zero-order valence-corrected chi connectivity index (χ0v) is 22.2. The monoisotopic (exact) mass is 558 g/mol. The molecule has 1 aromatic carbocycles. The second-order valence-corrected chi connectivity index (χ2v) is 10.8. The first-order valence-corrected chi connectivity index (χ1v) is 13.2. The van der Waals surface area contributed by atoms with Crippen LogP contribution in [-0.4, -0.2) is 87.5 Å². The number of allylic oxidation sites excluding steroid dienone is 1. The normalized spacial score (nSPS) is 37.4. The molecule has 0 unspecified atom stereocenters. The number of esters is 2. The minimum absolute atomic E-state index is 0.0845. The maximum atomic E-state index is 12.4. The third-order valence-electron chi connectivity index (χ3n) is 8.54. The molecule has 4 aliphatic rings. The third-order valence-corrected chi connectivity index (χ3v) is 8.54. The highest BCUT2D eigenvalue weighted by atomic mass is 16.7. The van der Waals surface area contributed by atoms with Crippen LogP contribution in [0.5, 0.6) is 5.75 Å². The van der Waals surface area contributed by atoms with Gasteiger partial charge in [-0.25, -0.2) is 4.79 Å². The van der Waals surface area contributed by atoms with E-state index in [1.54, 1.807) is 0 Å². The average Bonchev–Trinajstić information content (AvgIpc) is 3.43. The van der Waals surface area contributed by atoms with Gasteiger partial charge in [-0.3, -0.25) is 4.79 Å². The van der Waals surface area contributed by atoms with Crippen LogP contribution in [0.4, 0.5) is 0 Å². The summed E-state index contributed by atoms with van der Waals surface area (Å²) in [6.45, 7) is 6.08. The number of phenolic OH excluding ortho intramolecular Hbond substituents is 1. The Morgan fingerprint density at radius 1 is 1.18 bits per heavy atom. The summed E-state index contributed by atoms with van der Waals surface area (Å²) < 4.78 is 23.0. The van der Waals surface area contributed by atoms with Crippen LogP contribution in [0.1, 0.15) is 32.3 Å². The maximum Gasteiger partial charge on any atom is 0.334 e. The van der Waals surface area contributed by atoms with E-state index in [1.165, 1.54) is 24.3 Å². The number of carbonyl (C=O) groups is 2. The number of aliphatic hydroxyl groups excluding tert-OH is 4. The second kappa shape index (κ2) is 10.7. The van der Waals surface area contributed by atoms with Gasteiger partial charge in [0.1, 0.15) is 24.1 Å². The molecule has 0 saturated carbocycles. The molecule has 0 spiro atoms. The number of aromatic hydroxyl groups is 1. The van der Waals surface area contributed by atoms with Crippen molar-refractivity contribution >= 4 is 11.9 Å². The smallest absolute Gasteiger partial charge is 0.334 e. The number of rotatable bonds is 6. The lowest BCUT2D eigenvalue weighted by molar-refractivity contribution is -0.337. The molecular formula is C29H34O11. The van der Waals surface area contributed by atoms with Crippen LogP contribution in [0.15, 0.2) is 59.2 Å². The standard InChI is InChI=1S/C29H34O11/c1-13-19-9-4-16(23(19)24-20(10-21(13)33)14(2)27(36)39-24)12-37-28-26(35)29(40-15(3)31,25(34)22(11-30)38-28)17-5-7-18(32)8-6-17/h4-8,20-26,28,30,32-35H,2,9-12H2,1,3H3/t20-,21+,22+,23-,24-,25+,26-,28-,29-/m0/s1. The summed E-state index contributed by atoms with van der Waals surface area (Å²) >= 11 is 0. The van der Waals surface area contributed by atoms with Gasteiger partial charge in [0, 0.05) is 29.9 Å². The minimum atomic E-state index is -2.09. The van der Waals surface area contributed by atoms with Crippen molar-refractivity contribution in [1.29, 1.82) is 0 Å². The fraction of sp³-hybridized carbons (Fsp3) is 0.517. The van der Waals surface area contributed by atoms with E-state index in [4.69, 9.17) is 18.9 Å². The lowest BCUT2D eigenvalue weighted by Crippen LogP contribution is -2.67. The van der Waals surface area contributed by atoms with Crippen molar-refractivity contribution in [3.8, 4) is 5.75 Å². The summed E-state index contributed by atoms with van der Waals surface area (Å²) in [5.41, 5.74) is 0.857. The van der Waals surface area contributed by atoms with E-state index in [1.807, 2.05) is 13.0 Å². The lowest BCUT2D eigenvalue weighted by Gasteiger charge is -2.49. The van der Waals surface area contributed by atoms with Crippen LogP contribution < -0.4 is 0 Å². The highest BCUT2D eigenvalue weighted by Crippen LogP contribution is 2.49. The first-order valence-electron chi connectivity index (χ1n) is 13.2. The Morgan fingerprint density at radius 3 is 2.52 bits per heavy atom. The van der Waals surface area contributed by atoms with Gasteiger partial charge < -0.3 is 44.5 Å². The van der Waals surface area contributed by atoms with Crippen molar-refractivity contribution in [3.05, 3.63) is 64.8 Å². The predicted molar refractivity (Wildman–Crippen MR) is 137 cm³/mol. The number of hydrogen-bond donors (Lipinski definition) is 5. The molecule has 1 aromatic rings. The number of hydrogen-bond acceptors (Lipinski definition) is 11. The van der Waals surface area contributed by atoms with E-state index < -0.39 is 61.0 Å². The molecule has 2 aliphatic heterocycles. The van der Waals surface area contributed by atoms with Crippen LogP contribution in [0.25, 0.3) is 0 Å². The molecule has 40 heavy (non-hydrogen) atoms. The molecule has 0 radical (unpaired) electrons. The summed E-state index contributed by atoms with van der Waals surface area (Å²) in [6.07, 6.45) is -4.77. The van der Waals surface area contributed by atoms with Crippen molar-refractivity contribution < 1.29 is 54.1 Å². The quantitative estimate of drug-likeness (QED) is 0.189. The Kier molecular flexibility index (Phi) is 7.64. The van der Waals surface area contributed by atoms with Crippen LogP contribution in [0, 0.1) is 11.8 Å². The van der Waals surface area contributed by atoms with Gasteiger partial charge in [-0.2, -0.15) is 0 Å². The van der Waals surface area contributed by atoms with Gasteiger partial charge in [0.2, 0.25) is 0 Å². The number of ether oxygens (including phenoxy) is 4. The minimum Gasteiger partial charge on any atom is -0.508 e. The van der Waals surface area contributed by atoms with Crippen molar-refractivity contribution in [2.75, 3.05) is 13.2 Å². The predicted octanol–water partition coefficient (Wildman–Crippen LogP) is 0.731. The molecule has 5 N–H and O–H groups in total. The lowest BCUT2D eigenvalue weighted by atomic mass is 9.78. The molecule has 9 atom stereocenters. The Hall–Kier alpha value is -3.06. The SMILES string of the molecule is C=C1C(=O)O[C@@H]2[C@H]3C(CO[C@H]4O[C@H](CO)[C@@H](O)[C@@](OC(C)=O)(c5ccc(O)cc5)[C@H]4O)=CCC3=C(C)[C@H](O)C[C@@H]12. The van der Waals surface area contributed by atoms with Crippen molar-refractivity contribution in [3.63, 3.8) is 0 Å². The molecule has 0 amide bonds. The number of carbonyl (C=O) groups excluding carboxylic acids is 2. The number of fused-ring (bicyclic) bond motifs is 3. The van der Waals surface area contributed by atoms with Gasteiger partial charge in [-0.1, -0.05) is 30.4 Å². The first kappa shape index (κ1) is 28.5. The van der Waals surface area contributed by atoms with Crippen molar-refractivity contribution in [2.45, 2.75) is 69.1 Å². The molecule has 5 rings (SSSR count). The van der Waals surface area contributed by atoms with Crippen LogP contribution in [-0.2, 0) is 34.1 Å². The summed E-state index contributed by atoms with van der Waals surface area (Å²) in [5.74, 6) is -2.14. The molecular weight excluding hydrogens is 524 g/mol. The molecule has 11 nitrogen and oxygen atoms in total. The fourth-order valence-electron chi connectivity index (χ4n) is 6.43. The van der Waals surface area contributed by atoms with E-state index in [0.717, 1.165) is 23.6 Å². The summed E-state index contributed by atoms with van der Waals surface area (Å²) in [4.78, 5) is 24.6. The second-order valence-electron chi connectivity index (χ2n) is 10.8. The van der Waals surface area contributed by atoms with E-state index in [0.29, 0.717) is 18.4 Å². The molecule has 2 heterocycles. The van der Waals surface area contributed by atoms with Gasteiger partial charge in [-0.05, 0) is 43.0 Å².